The number of rotatable bonds is 6. The number of aromatic nitrogens is 1. The minimum atomic E-state index is -3.59. The van der Waals surface area contributed by atoms with Gasteiger partial charge in [-0.2, -0.15) is 0 Å². The number of anilines is 1. The monoisotopic (exact) mass is 393 g/mol. The van der Waals surface area contributed by atoms with Crippen molar-refractivity contribution in [2.24, 2.45) is 0 Å². The molecular formula is C18H23N3O3S2. The molecule has 1 saturated heterocycles. The van der Waals surface area contributed by atoms with Gasteiger partial charge in [0.2, 0.25) is 10.0 Å². The summed E-state index contributed by atoms with van der Waals surface area (Å²) in [5.41, 5.74) is 1.28. The third kappa shape index (κ3) is 3.82. The van der Waals surface area contributed by atoms with Gasteiger partial charge in [-0.15, -0.1) is 11.3 Å². The molecule has 0 aliphatic carbocycles. The van der Waals surface area contributed by atoms with Crippen molar-refractivity contribution in [3.05, 3.63) is 39.8 Å². The lowest BCUT2D eigenvalue weighted by Crippen LogP contribution is -2.24. The number of thiazole rings is 1. The maximum Gasteiger partial charge on any atom is 0.242 e. The standard InChI is InChI=1S/C18H23N3O3S2/c1-13-12-19-18(25-13)11-17(22)15-10-14(26(23,24)20(2)3)6-7-16(15)21-8-4-5-9-21/h6-7,10,12H,4-5,8-9,11H2,1-3H3. The molecule has 2 heterocycles. The highest BCUT2D eigenvalue weighted by Crippen LogP contribution is 2.29. The summed E-state index contributed by atoms with van der Waals surface area (Å²) in [6, 6.07) is 4.88. The van der Waals surface area contributed by atoms with Crippen LogP contribution in [-0.4, -0.2) is 50.7 Å². The van der Waals surface area contributed by atoms with Crippen LogP contribution in [0.3, 0.4) is 0 Å². The molecule has 0 amide bonds. The minimum Gasteiger partial charge on any atom is -0.371 e. The molecule has 1 fully saturated rings. The third-order valence-electron chi connectivity index (χ3n) is 4.47. The van der Waals surface area contributed by atoms with Gasteiger partial charge in [-0.25, -0.2) is 17.7 Å². The molecule has 8 heteroatoms. The zero-order chi connectivity index (χ0) is 18.9. The number of nitrogens with zero attached hydrogens (tertiary/aromatic N) is 3. The summed E-state index contributed by atoms with van der Waals surface area (Å²) in [5, 5.41) is 0.751. The molecule has 26 heavy (non-hydrogen) atoms. The Labute approximate surface area is 158 Å². The molecule has 6 nitrogen and oxygen atoms in total. The zero-order valence-electron chi connectivity index (χ0n) is 15.2. The second-order valence-electron chi connectivity index (χ2n) is 6.63. The molecule has 1 aromatic carbocycles. The van der Waals surface area contributed by atoms with Gasteiger partial charge in [-0.1, -0.05) is 0 Å². The molecule has 1 aliphatic rings. The molecule has 0 radical (unpaired) electrons. The predicted octanol–water partition coefficient (Wildman–Crippen LogP) is 2.73. The SMILES string of the molecule is Cc1cnc(CC(=O)c2cc(S(=O)(=O)N(C)C)ccc2N2CCCC2)s1. The number of hydrogen-bond acceptors (Lipinski definition) is 6. The third-order valence-corrected chi connectivity index (χ3v) is 7.20. The van der Waals surface area contributed by atoms with E-state index < -0.39 is 10.0 Å². The second-order valence-corrected chi connectivity index (χ2v) is 10.1. The van der Waals surface area contributed by atoms with Crippen LogP contribution in [0, 0.1) is 6.92 Å². The van der Waals surface area contributed by atoms with Crippen LogP contribution in [0.2, 0.25) is 0 Å². The van der Waals surface area contributed by atoms with Gasteiger partial charge in [0.25, 0.3) is 0 Å². The Morgan fingerprint density at radius 1 is 1.27 bits per heavy atom. The van der Waals surface area contributed by atoms with E-state index >= 15 is 0 Å². The molecule has 0 unspecified atom stereocenters. The lowest BCUT2D eigenvalue weighted by atomic mass is 10.1. The highest BCUT2D eigenvalue weighted by molar-refractivity contribution is 7.89. The number of carbonyl (C=O) groups excluding carboxylic acids is 1. The smallest absolute Gasteiger partial charge is 0.242 e. The second kappa shape index (κ2) is 7.46. The summed E-state index contributed by atoms with van der Waals surface area (Å²) < 4.78 is 26.1. The maximum absolute atomic E-state index is 13.0. The van der Waals surface area contributed by atoms with Crippen molar-refractivity contribution >= 4 is 32.8 Å². The van der Waals surface area contributed by atoms with E-state index in [1.165, 1.54) is 31.5 Å². The molecule has 0 saturated carbocycles. The summed E-state index contributed by atoms with van der Waals surface area (Å²) in [7, 11) is -0.613. The first-order chi connectivity index (χ1) is 12.3. The van der Waals surface area contributed by atoms with Gasteiger partial charge in [-0.3, -0.25) is 4.79 Å². The average Bonchev–Trinajstić information content (AvgIpc) is 3.26. The quantitative estimate of drug-likeness (QED) is 0.706. The summed E-state index contributed by atoms with van der Waals surface area (Å²) in [5.74, 6) is -0.0999. The van der Waals surface area contributed by atoms with Gasteiger partial charge in [0.05, 0.1) is 11.3 Å². The Bertz CT molecular complexity index is 914. The van der Waals surface area contributed by atoms with Crippen LogP contribution in [0.1, 0.15) is 33.1 Å². The fourth-order valence-corrected chi connectivity index (χ4v) is 4.77. The van der Waals surface area contributed by atoms with Crippen LogP contribution < -0.4 is 4.90 Å². The number of benzene rings is 1. The molecule has 140 valence electrons. The number of aryl methyl sites for hydroxylation is 1. The van der Waals surface area contributed by atoms with E-state index in [1.807, 2.05) is 6.92 Å². The Hall–Kier alpha value is -1.77. The number of carbonyl (C=O) groups is 1. The van der Waals surface area contributed by atoms with Crippen LogP contribution in [0.5, 0.6) is 0 Å². The Morgan fingerprint density at radius 3 is 2.54 bits per heavy atom. The molecule has 0 atom stereocenters. The van der Waals surface area contributed by atoms with E-state index in [9.17, 15) is 13.2 Å². The van der Waals surface area contributed by atoms with Crippen LogP contribution >= 0.6 is 11.3 Å². The van der Waals surface area contributed by atoms with Gasteiger partial charge in [-0.05, 0) is 38.0 Å². The fourth-order valence-electron chi connectivity index (χ4n) is 3.06. The van der Waals surface area contributed by atoms with Gasteiger partial charge in [0.1, 0.15) is 5.01 Å². The molecule has 3 rings (SSSR count). The van der Waals surface area contributed by atoms with Crippen molar-refractivity contribution < 1.29 is 13.2 Å². The summed E-state index contributed by atoms with van der Waals surface area (Å²) in [6.45, 7) is 3.72. The van der Waals surface area contributed by atoms with E-state index in [1.54, 1.807) is 18.3 Å². The number of ketones is 1. The average molecular weight is 394 g/mol. The van der Waals surface area contributed by atoms with Crippen LogP contribution in [-0.2, 0) is 16.4 Å². The lowest BCUT2D eigenvalue weighted by Gasteiger charge is -2.22. The van der Waals surface area contributed by atoms with Crippen molar-refractivity contribution in [3.8, 4) is 0 Å². The first-order valence-electron chi connectivity index (χ1n) is 8.55. The van der Waals surface area contributed by atoms with Crippen molar-refractivity contribution in [1.29, 1.82) is 0 Å². The Balaban J connectivity index is 2.01. The van der Waals surface area contributed by atoms with Gasteiger partial charge in [0, 0.05) is 49.5 Å². The molecular weight excluding hydrogens is 370 g/mol. The predicted molar refractivity (Wildman–Crippen MR) is 104 cm³/mol. The molecule has 1 aliphatic heterocycles. The van der Waals surface area contributed by atoms with Crippen molar-refractivity contribution in [3.63, 3.8) is 0 Å². The lowest BCUT2D eigenvalue weighted by molar-refractivity contribution is 0.0993. The maximum atomic E-state index is 13.0. The first-order valence-corrected chi connectivity index (χ1v) is 10.8. The van der Waals surface area contributed by atoms with Gasteiger partial charge < -0.3 is 4.90 Å². The normalized spacial score (nSPS) is 15.0. The highest BCUT2D eigenvalue weighted by Gasteiger charge is 2.25. The molecule has 0 bridgehead atoms. The van der Waals surface area contributed by atoms with Gasteiger partial charge in [0.15, 0.2) is 5.78 Å². The van der Waals surface area contributed by atoms with Crippen molar-refractivity contribution in [1.82, 2.24) is 9.29 Å². The Morgan fingerprint density at radius 2 is 1.96 bits per heavy atom. The van der Waals surface area contributed by atoms with Crippen LogP contribution in [0.4, 0.5) is 5.69 Å². The van der Waals surface area contributed by atoms with E-state index in [0.29, 0.717) is 5.56 Å². The first kappa shape index (κ1) is 19.0. The van der Waals surface area contributed by atoms with Crippen LogP contribution in [0.15, 0.2) is 29.3 Å². The highest BCUT2D eigenvalue weighted by atomic mass is 32.2. The number of Topliss-reactive ketones (excluding diaryl/α,β-unsaturated/α-hetero) is 1. The minimum absolute atomic E-state index is 0.0999. The van der Waals surface area contributed by atoms with Crippen molar-refractivity contribution in [2.75, 3.05) is 32.1 Å². The summed E-state index contributed by atoms with van der Waals surface area (Å²) >= 11 is 1.49. The molecule has 1 aromatic heterocycles. The van der Waals surface area contributed by atoms with E-state index in [4.69, 9.17) is 0 Å². The Kier molecular flexibility index (Phi) is 5.45. The summed E-state index contributed by atoms with van der Waals surface area (Å²) in [4.78, 5) is 20.6. The molecule has 0 spiro atoms. The fraction of sp³-hybridized carbons (Fsp3) is 0.444. The zero-order valence-corrected chi connectivity index (χ0v) is 16.9. The number of hydrogen-bond donors (Lipinski definition) is 0. The number of sulfonamides is 1. The van der Waals surface area contributed by atoms with E-state index in [0.717, 1.165) is 45.8 Å². The largest absolute Gasteiger partial charge is 0.371 e. The molecule has 0 N–H and O–H groups in total. The van der Waals surface area contributed by atoms with Crippen LogP contribution in [0.25, 0.3) is 0 Å². The van der Waals surface area contributed by atoms with E-state index in [2.05, 4.69) is 9.88 Å². The topological polar surface area (TPSA) is 70.6 Å². The van der Waals surface area contributed by atoms with Gasteiger partial charge >= 0.3 is 0 Å². The van der Waals surface area contributed by atoms with Crippen molar-refractivity contribution in [2.45, 2.75) is 31.1 Å². The summed E-state index contributed by atoms with van der Waals surface area (Å²) in [6.07, 6.45) is 4.10. The van der Waals surface area contributed by atoms with E-state index in [-0.39, 0.29) is 17.1 Å². The molecule has 2 aromatic rings.